The molecule has 1 amide bonds. The Labute approximate surface area is 106 Å². The predicted molar refractivity (Wildman–Crippen MR) is 67.4 cm³/mol. The quantitative estimate of drug-likeness (QED) is 0.874. The van der Waals surface area contributed by atoms with Crippen molar-refractivity contribution in [2.75, 3.05) is 11.5 Å². The molecule has 2 heterocycles. The van der Waals surface area contributed by atoms with E-state index in [1.807, 2.05) is 6.92 Å². The average molecular weight is 271 g/mol. The Kier molecular flexibility index (Phi) is 3.23. The smallest absolute Gasteiger partial charge is 0.255 e. The molecule has 100 valence electrons. The highest BCUT2D eigenvalue weighted by Crippen LogP contribution is 2.21. The van der Waals surface area contributed by atoms with Crippen molar-refractivity contribution in [3.8, 4) is 0 Å². The molecule has 0 aliphatic carbocycles. The Hall–Kier alpha value is -1.30. The first-order chi connectivity index (χ1) is 8.30. The fourth-order valence-electron chi connectivity index (χ4n) is 2.29. The summed E-state index contributed by atoms with van der Waals surface area (Å²) in [5, 5.41) is 2.77. The maximum absolute atomic E-state index is 12.1. The molecule has 0 spiro atoms. The normalized spacial score (nSPS) is 22.1. The zero-order chi connectivity index (χ0) is 13.5. The van der Waals surface area contributed by atoms with E-state index in [1.165, 1.54) is 0 Å². The van der Waals surface area contributed by atoms with Crippen LogP contribution in [-0.2, 0) is 9.84 Å². The average Bonchev–Trinajstić information content (AvgIpc) is 2.68. The van der Waals surface area contributed by atoms with E-state index >= 15 is 0 Å². The van der Waals surface area contributed by atoms with Gasteiger partial charge in [-0.15, -0.1) is 0 Å². The Morgan fingerprint density at radius 3 is 2.39 bits per heavy atom. The number of carbonyl (C=O) groups is 1. The Morgan fingerprint density at radius 2 is 1.94 bits per heavy atom. The van der Waals surface area contributed by atoms with Crippen LogP contribution in [0.1, 0.15) is 33.9 Å². The zero-order valence-corrected chi connectivity index (χ0v) is 11.6. The number of amides is 1. The summed E-state index contributed by atoms with van der Waals surface area (Å²) in [6, 6.07) is -0.281. The lowest BCUT2D eigenvalue weighted by Crippen LogP contribution is -2.36. The molecule has 1 aromatic heterocycles. The highest BCUT2D eigenvalue weighted by atomic mass is 32.2. The monoisotopic (exact) mass is 271 g/mol. The minimum atomic E-state index is -2.98. The van der Waals surface area contributed by atoms with Crippen LogP contribution in [0.25, 0.3) is 0 Å². The largest absolute Gasteiger partial charge is 0.466 e. The van der Waals surface area contributed by atoms with Gasteiger partial charge in [-0.2, -0.15) is 0 Å². The summed E-state index contributed by atoms with van der Waals surface area (Å²) in [6.45, 7) is 5.37. The summed E-state index contributed by atoms with van der Waals surface area (Å²) in [6.07, 6.45) is 0.489. The van der Waals surface area contributed by atoms with E-state index in [9.17, 15) is 13.2 Å². The SMILES string of the molecule is Cc1oc(C)c(C(=O)NC2CCS(=O)(=O)C2)c1C. The van der Waals surface area contributed by atoms with Crippen LogP contribution >= 0.6 is 0 Å². The van der Waals surface area contributed by atoms with Gasteiger partial charge in [0.1, 0.15) is 11.5 Å². The number of sulfone groups is 1. The van der Waals surface area contributed by atoms with Crippen molar-refractivity contribution < 1.29 is 17.6 Å². The molecule has 0 saturated carbocycles. The van der Waals surface area contributed by atoms with E-state index in [0.29, 0.717) is 17.7 Å². The van der Waals surface area contributed by atoms with Gasteiger partial charge in [0.2, 0.25) is 0 Å². The van der Waals surface area contributed by atoms with Crippen molar-refractivity contribution in [1.29, 1.82) is 0 Å². The third-order valence-corrected chi connectivity index (χ3v) is 5.12. The fraction of sp³-hybridized carbons (Fsp3) is 0.583. The second kappa shape index (κ2) is 4.42. The van der Waals surface area contributed by atoms with Gasteiger partial charge in [0.25, 0.3) is 5.91 Å². The minimum absolute atomic E-state index is 0.0354. The summed E-state index contributed by atoms with van der Waals surface area (Å²) in [5.41, 5.74) is 1.34. The first kappa shape index (κ1) is 13.1. The van der Waals surface area contributed by atoms with Crippen LogP contribution in [0.4, 0.5) is 0 Å². The molecular weight excluding hydrogens is 254 g/mol. The maximum atomic E-state index is 12.1. The lowest BCUT2D eigenvalue weighted by Gasteiger charge is -2.10. The van der Waals surface area contributed by atoms with Crippen LogP contribution in [0.3, 0.4) is 0 Å². The van der Waals surface area contributed by atoms with Crippen LogP contribution in [0.2, 0.25) is 0 Å². The summed E-state index contributed by atoms with van der Waals surface area (Å²) < 4.78 is 28.0. The molecule has 1 atom stereocenters. The summed E-state index contributed by atoms with van der Waals surface area (Å²) in [7, 11) is -2.98. The molecule has 1 unspecified atom stereocenters. The summed E-state index contributed by atoms with van der Waals surface area (Å²) in [4.78, 5) is 12.1. The maximum Gasteiger partial charge on any atom is 0.255 e. The van der Waals surface area contributed by atoms with Crippen molar-refractivity contribution >= 4 is 15.7 Å². The zero-order valence-electron chi connectivity index (χ0n) is 10.7. The van der Waals surface area contributed by atoms with E-state index < -0.39 is 9.84 Å². The molecule has 1 fully saturated rings. The topological polar surface area (TPSA) is 76.4 Å². The fourth-order valence-corrected chi connectivity index (χ4v) is 3.97. The number of hydrogen-bond acceptors (Lipinski definition) is 4. The minimum Gasteiger partial charge on any atom is -0.466 e. The molecule has 18 heavy (non-hydrogen) atoms. The second-order valence-electron chi connectivity index (χ2n) is 4.79. The van der Waals surface area contributed by atoms with Gasteiger partial charge in [-0.1, -0.05) is 0 Å². The Morgan fingerprint density at radius 1 is 1.28 bits per heavy atom. The molecule has 1 saturated heterocycles. The van der Waals surface area contributed by atoms with Gasteiger partial charge >= 0.3 is 0 Å². The third-order valence-electron chi connectivity index (χ3n) is 3.36. The lowest BCUT2D eigenvalue weighted by molar-refractivity contribution is 0.0939. The first-order valence-electron chi connectivity index (χ1n) is 5.88. The number of rotatable bonds is 2. The van der Waals surface area contributed by atoms with Gasteiger partial charge in [-0.3, -0.25) is 4.79 Å². The first-order valence-corrected chi connectivity index (χ1v) is 7.70. The molecule has 1 aliphatic rings. The van der Waals surface area contributed by atoms with E-state index in [2.05, 4.69) is 5.32 Å². The molecule has 2 rings (SSSR count). The van der Waals surface area contributed by atoms with E-state index in [-0.39, 0.29) is 23.5 Å². The van der Waals surface area contributed by atoms with Crippen LogP contribution in [0.15, 0.2) is 4.42 Å². The molecule has 5 nitrogen and oxygen atoms in total. The van der Waals surface area contributed by atoms with Crippen molar-refractivity contribution in [2.45, 2.75) is 33.2 Å². The van der Waals surface area contributed by atoms with Gasteiger partial charge in [-0.05, 0) is 27.2 Å². The lowest BCUT2D eigenvalue weighted by atomic mass is 10.1. The van der Waals surface area contributed by atoms with Crippen molar-refractivity contribution in [3.05, 3.63) is 22.6 Å². The van der Waals surface area contributed by atoms with Gasteiger partial charge in [0, 0.05) is 11.6 Å². The van der Waals surface area contributed by atoms with Gasteiger partial charge in [0.15, 0.2) is 9.84 Å². The highest BCUT2D eigenvalue weighted by molar-refractivity contribution is 7.91. The van der Waals surface area contributed by atoms with E-state index in [0.717, 1.165) is 11.3 Å². The molecule has 1 N–H and O–H groups in total. The van der Waals surface area contributed by atoms with Gasteiger partial charge < -0.3 is 9.73 Å². The molecular formula is C12H17NO4S. The number of furan rings is 1. The number of hydrogen-bond donors (Lipinski definition) is 1. The predicted octanol–water partition coefficient (Wildman–Crippen LogP) is 1.12. The molecule has 1 aliphatic heterocycles. The molecule has 6 heteroatoms. The second-order valence-corrected chi connectivity index (χ2v) is 7.02. The van der Waals surface area contributed by atoms with Gasteiger partial charge in [0.05, 0.1) is 17.1 Å². The van der Waals surface area contributed by atoms with E-state index in [4.69, 9.17) is 4.42 Å². The van der Waals surface area contributed by atoms with Crippen LogP contribution < -0.4 is 5.32 Å². The third kappa shape index (κ3) is 2.43. The van der Waals surface area contributed by atoms with Crippen molar-refractivity contribution in [3.63, 3.8) is 0 Å². The number of aryl methyl sites for hydroxylation is 2. The number of carbonyl (C=O) groups excluding carboxylic acids is 1. The van der Waals surface area contributed by atoms with Crippen molar-refractivity contribution in [2.24, 2.45) is 0 Å². The number of nitrogens with one attached hydrogen (secondary N) is 1. The molecule has 0 bridgehead atoms. The Balaban J connectivity index is 2.14. The van der Waals surface area contributed by atoms with Gasteiger partial charge in [-0.25, -0.2) is 8.42 Å². The molecule has 0 aromatic carbocycles. The standard InChI is InChI=1S/C12H17NO4S/c1-7-8(2)17-9(3)11(7)12(14)13-10-4-5-18(15,16)6-10/h10H,4-6H2,1-3H3,(H,13,14). The van der Waals surface area contributed by atoms with E-state index in [1.54, 1.807) is 13.8 Å². The van der Waals surface area contributed by atoms with Crippen LogP contribution in [0.5, 0.6) is 0 Å². The van der Waals surface area contributed by atoms with Crippen molar-refractivity contribution in [1.82, 2.24) is 5.32 Å². The van der Waals surface area contributed by atoms with Crippen LogP contribution in [-0.4, -0.2) is 31.9 Å². The molecule has 0 radical (unpaired) electrons. The highest BCUT2D eigenvalue weighted by Gasteiger charge is 2.30. The molecule has 1 aromatic rings. The summed E-state index contributed by atoms with van der Waals surface area (Å²) >= 11 is 0. The Bertz CT molecular complexity index is 585. The van der Waals surface area contributed by atoms with Crippen LogP contribution in [0, 0.1) is 20.8 Å². The summed E-state index contributed by atoms with van der Waals surface area (Å²) in [5.74, 6) is 1.23.